The molecule has 0 amide bonds. The van der Waals surface area contributed by atoms with Crippen LogP contribution in [0.1, 0.15) is 6.92 Å². The maximum Gasteiger partial charge on any atom is 0.334 e. The predicted octanol–water partition coefficient (Wildman–Crippen LogP) is 0.803. The zero-order valence-corrected chi connectivity index (χ0v) is 11.2. The van der Waals surface area contributed by atoms with Crippen molar-refractivity contribution in [2.24, 2.45) is 4.99 Å². The second-order valence-corrected chi connectivity index (χ2v) is 4.30. The fraction of sp³-hybridized carbons (Fsp3) is 0.333. The highest BCUT2D eigenvalue weighted by atomic mass is 79.9. The van der Waals surface area contributed by atoms with E-state index in [2.05, 4.69) is 20.9 Å². The summed E-state index contributed by atoms with van der Waals surface area (Å²) in [4.78, 5) is 15.9. The third-order valence-corrected chi connectivity index (χ3v) is 3.29. The Hall–Kier alpha value is -1.36. The summed E-state index contributed by atoms with van der Waals surface area (Å²) in [5.74, 6) is 0.397. The van der Waals surface area contributed by atoms with Crippen molar-refractivity contribution in [1.29, 1.82) is 0 Å². The highest BCUT2D eigenvalue weighted by molar-refractivity contribution is 9.10. The van der Waals surface area contributed by atoms with Crippen LogP contribution in [0.4, 0.5) is 0 Å². The van der Waals surface area contributed by atoms with E-state index in [4.69, 9.17) is 9.47 Å². The van der Waals surface area contributed by atoms with Gasteiger partial charge in [0.05, 0.1) is 23.5 Å². The van der Waals surface area contributed by atoms with Gasteiger partial charge in [0.15, 0.2) is 6.04 Å². The van der Waals surface area contributed by atoms with E-state index in [1.54, 1.807) is 20.1 Å². The Morgan fingerprint density at radius 3 is 2.94 bits per heavy atom. The van der Waals surface area contributed by atoms with Crippen LogP contribution in [0.15, 0.2) is 21.6 Å². The molecule has 1 atom stereocenters. The highest BCUT2D eigenvalue weighted by Gasteiger charge is 2.20. The van der Waals surface area contributed by atoms with E-state index in [0.717, 1.165) is 20.8 Å². The normalized spacial score (nSPS) is 16.8. The van der Waals surface area contributed by atoms with Crippen molar-refractivity contribution in [1.82, 2.24) is 0 Å². The number of methoxy groups -OCH3 is 1. The standard InChI is InChI=1S/C12H12BrNO3/c1-3-17-12(15)9-6-7-8(14-9)4-5-10(16-2)11(7)13/h4-6,9H,3H2,1-2H3/t9-/m0/s1. The Bertz CT molecular complexity index is 568. The van der Waals surface area contributed by atoms with Gasteiger partial charge in [0.2, 0.25) is 0 Å². The minimum absolute atomic E-state index is 0.324. The van der Waals surface area contributed by atoms with Crippen molar-refractivity contribution in [2.75, 3.05) is 13.7 Å². The molecule has 90 valence electrons. The van der Waals surface area contributed by atoms with Crippen molar-refractivity contribution in [3.8, 4) is 5.75 Å². The lowest BCUT2D eigenvalue weighted by Gasteiger charge is -2.02. The zero-order valence-electron chi connectivity index (χ0n) is 9.57. The van der Waals surface area contributed by atoms with Crippen LogP contribution >= 0.6 is 15.9 Å². The first-order valence-electron chi connectivity index (χ1n) is 5.26. The van der Waals surface area contributed by atoms with Crippen LogP contribution < -0.4 is 15.3 Å². The van der Waals surface area contributed by atoms with Gasteiger partial charge in [0.1, 0.15) is 5.75 Å². The maximum atomic E-state index is 11.6. The number of halogens is 1. The number of hydrogen-bond acceptors (Lipinski definition) is 4. The summed E-state index contributed by atoms with van der Waals surface area (Å²) < 4.78 is 10.9. The molecule has 0 aliphatic carbocycles. The second kappa shape index (κ2) is 4.87. The van der Waals surface area contributed by atoms with Crippen molar-refractivity contribution in [3.05, 3.63) is 27.2 Å². The molecule has 1 aromatic rings. The summed E-state index contributed by atoms with van der Waals surface area (Å²) in [6.45, 7) is 2.14. The molecule has 1 aliphatic heterocycles. The van der Waals surface area contributed by atoms with Crippen molar-refractivity contribution < 1.29 is 14.3 Å². The average Bonchev–Trinajstić information content (AvgIpc) is 2.75. The largest absolute Gasteiger partial charge is 0.496 e. The fourth-order valence-corrected chi connectivity index (χ4v) is 2.31. The zero-order chi connectivity index (χ0) is 12.4. The third kappa shape index (κ3) is 2.20. The topological polar surface area (TPSA) is 47.9 Å². The third-order valence-electron chi connectivity index (χ3n) is 2.47. The summed E-state index contributed by atoms with van der Waals surface area (Å²) in [6.07, 6.45) is 1.78. The van der Waals surface area contributed by atoms with Crippen molar-refractivity contribution >= 4 is 28.0 Å². The average molecular weight is 298 g/mol. The van der Waals surface area contributed by atoms with Gasteiger partial charge in [0, 0.05) is 5.22 Å². The minimum Gasteiger partial charge on any atom is -0.496 e. The van der Waals surface area contributed by atoms with Gasteiger partial charge in [-0.15, -0.1) is 0 Å². The molecule has 2 rings (SSSR count). The molecule has 5 heteroatoms. The van der Waals surface area contributed by atoms with Gasteiger partial charge in [-0.25, -0.2) is 4.79 Å². The first kappa shape index (κ1) is 12.1. The molecule has 4 nitrogen and oxygen atoms in total. The number of benzene rings is 1. The van der Waals surface area contributed by atoms with Crippen molar-refractivity contribution in [2.45, 2.75) is 13.0 Å². The molecule has 0 aromatic heterocycles. The quantitative estimate of drug-likeness (QED) is 0.776. The number of carbonyl (C=O) groups is 1. The molecular weight excluding hydrogens is 286 g/mol. The molecule has 0 bridgehead atoms. The van der Waals surface area contributed by atoms with Gasteiger partial charge in [-0.3, -0.25) is 4.99 Å². The first-order chi connectivity index (χ1) is 8.17. The van der Waals surface area contributed by atoms with Crippen LogP contribution in [0, 0.1) is 0 Å². The Balaban J connectivity index is 2.44. The number of esters is 1. The Kier molecular flexibility index (Phi) is 3.47. The molecule has 1 aliphatic rings. The number of fused-ring (bicyclic) bond motifs is 1. The van der Waals surface area contributed by atoms with Gasteiger partial charge >= 0.3 is 5.97 Å². The summed E-state index contributed by atoms with van der Waals surface area (Å²) >= 11 is 3.44. The maximum absolute atomic E-state index is 11.6. The number of nitrogens with zero attached hydrogens (tertiary/aromatic N) is 1. The van der Waals surface area contributed by atoms with Gasteiger partial charge in [-0.1, -0.05) is 0 Å². The van der Waals surface area contributed by atoms with E-state index in [0.29, 0.717) is 6.61 Å². The SMILES string of the molecule is CCOC(=O)[C@@H]1C=c2c(Br)c(OC)ccc2=N1. The molecular formula is C12H12BrNO3. The van der Waals surface area contributed by atoms with Crippen LogP contribution in [0.5, 0.6) is 5.75 Å². The van der Waals surface area contributed by atoms with Crippen LogP contribution in [0.25, 0.3) is 6.08 Å². The number of carbonyl (C=O) groups excluding carboxylic acids is 1. The Labute approximate surface area is 107 Å². The molecule has 0 saturated carbocycles. The Morgan fingerprint density at radius 2 is 2.29 bits per heavy atom. The van der Waals surface area contributed by atoms with Crippen LogP contribution in [-0.4, -0.2) is 25.7 Å². The number of ether oxygens (including phenoxy) is 2. The summed E-state index contributed by atoms with van der Waals surface area (Å²) in [7, 11) is 1.60. The number of rotatable bonds is 3. The van der Waals surface area contributed by atoms with Gasteiger partial charge < -0.3 is 9.47 Å². The highest BCUT2D eigenvalue weighted by Crippen LogP contribution is 2.19. The molecule has 0 spiro atoms. The summed E-state index contributed by atoms with van der Waals surface area (Å²) in [6, 6.07) is 3.09. The predicted molar refractivity (Wildman–Crippen MR) is 66.4 cm³/mol. The molecule has 0 saturated heterocycles. The lowest BCUT2D eigenvalue weighted by molar-refractivity contribution is -0.142. The molecule has 0 N–H and O–H groups in total. The lowest BCUT2D eigenvalue weighted by atomic mass is 10.2. The first-order valence-corrected chi connectivity index (χ1v) is 6.05. The molecule has 1 heterocycles. The van der Waals surface area contributed by atoms with E-state index in [1.807, 2.05) is 12.1 Å². The van der Waals surface area contributed by atoms with Crippen LogP contribution in [0.3, 0.4) is 0 Å². The summed E-state index contributed by atoms with van der Waals surface area (Å²) in [5.41, 5.74) is 0. The lowest BCUT2D eigenvalue weighted by Crippen LogP contribution is -2.22. The molecule has 1 aromatic carbocycles. The van der Waals surface area contributed by atoms with Gasteiger partial charge in [0.25, 0.3) is 0 Å². The van der Waals surface area contributed by atoms with E-state index >= 15 is 0 Å². The van der Waals surface area contributed by atoms with Gasteiger partial charge in [-0.2, -0.15) is 0 Å². The molecule has 0 unspecified atom stereocenters. The fourth-order valence-electron chi connectivity index (χ4n) is 1.68. The van der Waals surface area contributed by atoms with E-state index < -0.39 is 6.04 Å². The summed E-state index contributed by atoms with van der Waals surface area (Å²) in [5, 5.41) is 1.65. The monoisotopic (exact) mass is 297 g/mol. The number of hydrogen-bond donors (Lipinski definition) is 0. The minimum atomic E-state index is -0.548. The van der Waals surface area contributed by atoms with Crippen molar-refractivity contribution in [3.63, 3.8) is 0 Å². The van der Waals surface area contributed by atoms with E-state index in [9.17, 15) is 4.79 Å². The second-order valence-electron chi connectivity index (χ2n) is 3.51. The Morgan fingerprint density at radius 1 is 1.53 bits per heavy atom. The smallest absolute Gasteiger partial charge is 0.334 e. The molecule has 17 heavy (non-hydrogen) atoms. The van der Waals surface area contributed by atoms with Gasteiger partial charge in [-0.05, 0) is 41.1 Å². The van der Waals surface area contributed by atoms with E-state index in [-0.39, 0.29) is 5.97 Å². The van der Waals surface area contributed by atoms with Crippen LogP contribution in [-0.2, 0) is 9.53 Å². The van der Waals surface area contributed by atoms with E-state index in [1.165, 1.54) is 0 Å². The molecule has 0 radical (unpaired) electrons. The molecule has 0 fully saturated rings. The van der Waals surface area contributed by atoms with Crippen LogP contribution in [0.2, 0.25) is 0 Å².